The second kappa shape index (κ2) is 6.50. The van der Waals surface area contributed by atoms with Gasteiger partial charge in [0.15, 0.2) is 0 Å². The van der Waals surface area contributed by atoms with Crippen LogP contribution in [0.1, 0.15) is 15.9 Å². The Morgan fingerprint density at radius 1 is 1.22 bits per heavy atom. The van der Waals surface area contributed by atoms with E-state index in [9.17, 15) is 4.79 Å². The lowest BCUT2D eigenvalue weighted by Gasteiger charge is -2.05. The minimum atomic E-state index is -0.356. The van der Waals surface area contributed by atoms with Gasteiger partial charge in [0.1, 0.15) is 11.0 Å². The van der Waals surface area contributed by atoms with Gasteiger partial charge >= 0.3 is 0 Å². The summed E-state index contributed by atoms with van der Waals surface area (Å²) in [5, 5.41) is 7.21. The van der Waals surface area contributed by atoms with Crippen molar-refractivity contribution in [3.8, 4) is 0 Å². The minimum absolute atomic E-state index is 0.0895. The molecule has 3 rings (SSSR count). The van der Waals surface area contributed by atoms with Crippen LogP contribution in [0.5, 0.6) is 0 Å². The molecule has 0 atom stereocenters. The van der Waals surface area contributed by atoms with E-state index in [1.165, 1.54) is 12.1 Å². The lowest BCUT2D eigenvalue weighted by molar-refractivity contribution is 0.102. The summed E-state index contributed by atoms with van der Waals surface area (Å²) in [6.07, 6.45) is 3.34. The zero-order valence-electron chi connectivity index (χ0n) is 12.1. The predicted octanol–water partition coefficient (Wildman–Crippen LogP) is 2.81. The SMILES string of the molecule is Nc1nc(Cl)ccc1C(=O)Nc1cnn(Cc2ccccc2)c1. The van der Waals surface area contributed by atoms with Gasteiger partial charge in [-0.25, -0.2) is 4.98 Å². The van der Waals surface area contributed by atoms with Gasteiger partial charge in [-0.1, -0.05) is 41.9 Å². The number of carbonyl (C=O) groups is 1. The van der Waals surface area contributed by atoms with Gasteiger partial charge in [0.25, 0.3) is 5.91 Å². The van der Waals surface area contributed by atoms with Crippen LogP contribution in [0.3, 0.4) is 0 Å². The van der Waals surface area contributed by atoms with E-state index in [4.69, 9.17) is 17.3 Å². The summed E-state index contributed by atoms with van der Waals surface area (Å²) >= 11 is 5.73. The van der Waals surface area contributed by atoms with E-state index in [-0.39, 0.29) is 22.4 Å². The van der Waals surface area contributed by atoms with Crippen LogP contribution in [0.15, 0.2) is 54.9 Å². The molecule has 23 heavy (non-hydrogen) atoms. The molecular weight excluding hydrogens is 314 g/mol. The van der Waals surface area contributed by atoms with Gasteiger partial charge in [0.05, 0.1) is 24.0 Å². The van der Waals surface area contributed by atoms with Crippen molar-refractivity contribution in [2.45, 2.75) is 6.54 Å². The first-order valence-corrected chi connectivity index (χ1v) is 7.29. The zero-order chi connectivity index (χ0) is 16.2. The molecule has 0 bridgehead atoms. The third-order valence-electron chi connectivity index (χ3n) is 3.21. The molecule has 0 spiro atoms. The second-order valence-corrected chi connectivity index (χ2v) is 5.32. The van der Waals surface area contributed by atoms with Crippen LogP contribution in [-0.4, -0.2) is 20.7 Å². The molecule has 1 amide bonds. The van der Waals surface area contributed by atoms with E-state index in [0.29, 0.717) is 12.2 Å². The molecule has 3 N–H and O–H groups in total. The highest BCUT2D eigenvalue weighted by atomic mass is 35.5. The number of anilines is 2. The number of rotatable bonds is 4. The fourth-order valence-corrected chi connectivity index (χ4v) is 2.28. The van der Waals surface area contributed by atoms with Crippen molar-refractivity contribution in [3.05, 3.63) is 71.1 Å². The number of hydrogen-bond donors (Lipinski definition) is 2. The van der Waals surface area contributed by atoms with Gasteiger partial charge < -0.3 is 11.1 Å². The number of pyridine rings is 1. The van der Waals surface area contributed by atoms with Crippen molar-refractivity contribution in [1.82, 2.24) is 14.8 Å². The van der Waals surface area contributed by atoms with Gasteiger partial charge in [-0.15, -0.1) is 0 Å². The van der Waals surface area contributed by atoms with Gasteiger partial charge in [-0.2, -0.15) is 5.10 Å². The predicted molar refractivity (Wildman–Crippen MR) is 89.4 cm³/mol. The number of nitrogen functional groups attached to an aromatic ring is 1. The summed E-state index contributed by atoms with van der Waals surface area (Å²) in [6.45, 7) is 0.626. The highest BCUT2D eigenvalue weighted by Gasteiger charge is 2.12. The molecule has 0 aliphatic rings. The third kappa shape index (κ3) is 3.67. The Balaban J connectivity index is 1.70. The molecule has 0 saturated carbocycles. The van der Waals surface area contributed by atoms with Crippen molar-refractivity contribution >= 4 is 29.0 Å². The maximum Gasteiger partial charge on any atom is 0.259 e. The monoisotopic (exact) mass is 327 g/mol. The Morgan fingerprint density at radius 2 is 2.00 bits per heavy atom. The summed E-state index contributed by atoms with van der Waals surface area (Å²) in [5.74, 6) is -0.266. The molecule has 0 unspecified atom stereocenters. The standard InChI is InChI=1S/C16H14ClN5O/c17-14-7-6-13(15(18)21-14)16(23)20-12-8-19-22(10-12)9-11-4-2-1-3-5-11/h1-8,10H,9H2,(H2,18,21)(H,20,23). The topological polar surface area (TPSA) is 85.8 Å². The Hall–Kier alpha value is -2.86. The van der Waals surface area contributed by atoms with Crippen LogP contribution in [0.2, 0.25) is 5.15 Å². The second-order valence-electron chi connectivity index (χ2n) is 4.93. The lowest BCUT2D eigenvalue weighted by atomic mass is 10.2. The molecule has 0 aliphatic heterocycles. The maximum absolute atomic E-state index is 12.2. The average molecular weight is 328 g/mol. The van der Waals surface area contributed by atoms with E-state index < -0.39 is 0 Å². The fourth-order valence-electron chi connectivity index (χ4n) is 2.13. The lowest BCUT2D eigenvalue weighted by Crippen LogP contribution is -2.14. The zero-order valence-corrected chi connectivity index (χ0v) is 12.9. The van der Waals surface area contributed by atoms with Gasteiger partial charge in [-0.3, -0.25) is 9.48 Å². The molecule has 6 nitrogen and oxygen atoms in total. The first-order valence-electron chi connectivity index (χ1n) is 6.91. The minimum Gasteiger partial charge on any atom is -0.383 e. The highest BCUT2D eigenvalue weighted by molar-refractivity contribution is 6.29. The van der Waals surface area contributed by atoms with Crippen LogP contribution >= 0.6 is 11.6 Å². The van der Waals surface area contributed by atoms with E-state index in [1.807, 2.05) is 30.3 Å². The molecule has 2 aromatic heterocycles. The van der Waals surface area contributed by atoms with Crippen molar-refractivity contribution in [3.63, 3.8) is 0 Å². The Kier molecular flexibility index (Phi) is 4.25. The summed E-state index contributed by atoms with van der Waals surface area (Å²) in [5.41, 5.74) is 7.68. The van der Waals surface area contributed by atoms with E-state index in [2.05, 4.69) is 15.4 Å². The van der Waals surface area contributed by atoms with Gasteiger partial charge in [0.2, 0.25) is 0 Å². The Bertz CT molecular complexity index is 831. The Morgan fingerprint density at radius 3 is 2.74 bits per heavy atom. The summed E-state index contributed by atoms with van der Waals surface area (Å²) < 4.78 is 1.74. The molecule has 0 fully saturated rings. The highest BCUT2D eigenvalue weighted by Crippen LogP contribution is 2.16. The number of hydrogen-bond acceptors (Lipinski definition) is 4. The number of nitrogens with one attached hydrogen (secondary N) is 1. The van der Waals surface area contributed by atoms with Gasteiger partial charge in [-0.05, 0) is 17.7 Å². The van der Waals surface area contributed by atoms with Crippen LogP contribution in [-0.2, 0) is 6.54 Å². The number of halogens is 1. The van der Waals surface area contributed by atoms with Crippen molar-refractivity contribution in [2.24, 2.45) is 0 Å². The third-order valence-corrected chi connectivity index (χ3v) is 3.42. The van der Waals surface area contributed by atoms with Crippen molar-refractivity contribution < 1.29 is 4.79 Å². The van der Waals surface area contributed by atoms with Crippen LogP contribution in [0, 0.1) is 0 Å². The molecule has 0 saturated heterocycles. The molecule has 2 heterocycles. The number of amides is 1. The van der Waals surface area contributed by atoms with E-state index in [0.717, 1.165) is 5.56 Å². The number of aromatic nitrogens is 3. The smallest absolute Gasteiger partial charge is 0.259 e. The number of carbonyl (C=O) groups excluding carboxylic acids is 1. The van der Waals surface area contributed by atoms with Gasteiger partial charge in [0, 0.05) is 6.20 Å². The average Bonchev–Trinajstić information content (AvgIpc) is 2.95. The van der Waals surface area contributed by atoms with Crippen LogP contribution in [0.25, 0.3) is 0 Å². The number of benzene rings is 1. The fraction of sp³-hybridized carbons (Fsp3) is 0.0625. The van der Waals surface area contributed by atoms with Crippen molar-refractivity contribution in [2.75, 3.05) is 11.1 Å². The first-order chi connectivity index (χ1) is 11.1. The molecule has 7 heteroatoms. The Labute approximate surface area is 137 Å². The summed E-state index contributed by atoms with van der Waals surface area (Å²) in [6, 6.07) is 13.0. The van der Waals surface area contributed by atoms with Crippen LogP contribution in [0.4, 0.5) is 11.5 Å². The van der Waals surface area contributed by atoms with Crippen LogP contribution < -0.4 is 11.1 Å². The van der Waals surface area contributed by atoms with E-state index in [1.54, 1.807) is 17.1 Å². The molecule has 3 aromatic rings. The quantitative estimate of drug-likeness (QED) is 0.721. The van der Waals surface area contributed by atoms with Crippen molar-refractivity contribution in [1.29, 1.82) is 0 Å². The van der Waals surface area contributed by atoms with E-state index >= 15 is 0 Å². The molecule has 1 aromatic carbocycles. The maximum atomic E-state index is 12.2. The summed E-state index contributed by atoms with van der Waals surface area (Å²) in [7, 11) is 0. The number of nitrogens with two attached hydrogens (primary N) is 1. The molecular formula is C16H14ClN5O. The normalized spacial score (nSPS) is 10.5. The molecule has 116 valence electrons. The molecule has 0 aliphatic carbocycles. The molecule has 0 radical (unpaired) electrons. The number of nitrogens with zero attached hydrogens (tertiary/aromatic N) is 3. The summed E-state index contributed by atoms with van der Waals surface area (Å²) in [4.78, 5) is 16.1. The first kappa shape index (κ1) is 15.1. The largest absolute Gasteiger partial charge is 0.383 e.